The molecular weight excluding hydrogens is 374 g/mol. The van der Waals surface area contributed by atoms with E-state index in [2.05, 4.69) is 32.2 Å². The average Bonchev–Trinajstić information content (AvgIpc) is 3.00. The number of nitrogens with one attached hydrogen (secondary N) is 1. The lowest BCUT2D eigenvalue weighted by molar-refractivity contribution is 0.171. The van der Waals surface area contributed by atoms with Crippen LogP contribution in [-0.2, 0) is 18.5 Å². The van der Waals surface area contributed by atoms with Gasteiger partial charge < -0.3 is 5.32 Å². The molecule has 1 saturated heterocycles. The molecule has 0 amide bonds. The summed E-state index contributed by atoms with van der Waals surface area (Å²) >= 11 is 3.29. The van der Waals surface area contributed by atoms with Crippen LogP contribution in [-0.4, -0.2) is 24.5 Å². The molecule has 2 aliphatic heterocycles. The van der Waals surface area contributed by atoms with Gasteiger partial charge >= 0.3 is 0 Å². The third-order valence-corrected chi connectivity index (χ3v) is 5.74. The van der Waals surface area contributed by atoms with Crippen molar-refractivity contribution in [2.45, 2.75) is 24.9 Å². The van der Waals surface area contributed by atoms with E-state index in [-0.39, 0.29) is 17.0 Å². The van der Waals surface area contributed by atoms with Gasteiger partial charge in [0.1, 0.15) is 11.6 Å². The van der Waals surface area contributed by atoms with Crippen LogP contribution in [0.1, 0.15) is 23.1 Å². The molecule has 1 fully saturated rings. The van der Waals surface area contributed by atoms with E-state index in [1.165, 1.54) is 12.1 Å². The van der Waals surface area contributed by atoms with Gasteiger partial charge in [-0.1, -0.05) is 34.1 Å². The number of fused-ring (bicyclic) bond motifs is 2. The highest BCUT2D eigenvalue weighted by molar-refractivity contribution is 9.10. The zero-order valence-corrected chi connectivity index (χ0v) is 14.9. The van der Waals surface area contributed by atoms with E-state index >= 15 is 0 Å². The standard InChI is InChI=1S/C19H19BrF2N2/c20-14-5-4-13(18(22)8-14)9-24-10-15-16(2-1-3-17(15)21)19(12-24)6-7-23-11-19/h1-5,8,23H,6-7,9-12H2. The van der Waals surface area contributed by atoms with Gasteiger partial charge in [-0.15, -0.1) is 0 Å². The second kappa shape index (κ2) is 6.21. The lowest BCUT2D eigenvalue weighted by Crippen LogP contribution is -2.47. The lowest BCUT2D eigenvalue weighted by Gasteiger charge is -2.42. The normalized spacial score (nSPS) is 23.6. The summed E-state index contributed by atoms with van der Waals surface area (Å²) in [5, 5.41) is 3.42. The predicted molar refractivity (Wildman–Crippen MR) is 93.8 cm³/mol. The number of nitrogens with zero attached hydrogens (tertiary/aromatic N) is 1. The maximum absolute atomic E-state index is 14.4. The summed E-state index contributed by atoms with van der Waals surface area (Å²) < 4.78 is 29.4. The van der Waals surface area contributed by atoms with Gasteiger partial charge in [-0.3, -0.25) is 4.90 Å². The van der Waals surface area contributed by atoms with Crippen LogP contribution in [0, 0.1) is 11.6 Å². The molecule has 1 spiro atoms. The number of rotatable bonds is 2. The fourth-order valence-electron chi connectivity index (χ4n) is 4.12. The quantitative estimate of drug-likeness (QED) is 0.831. The maximum atomic E-state index is 14.4. The Balaban J connectivity index is 1.68. The third kappa shape index (κ3) is 2.79. The molecule has 5 heteroatoms. The second-order valence-electron chi connectivity index (χ2n) is 6.85. The van der Waals surface area contributed by atoms with Crippen LogP contribution in [0.15, 0.2) is 40.9 Å². The Morgan fingerprint density at radius 3 is 2.79 bits per heavy atom. The van der Waals surface area contributed by atoms with Gasteiger partial charge in [-0.05, 0) is 36.7 Å². The largest absolute Gasteiger partial charge is 0.316 e. The number of halogens is 3. The Kier molecular flexibility index (Phi) is 4.19. The van der Waals surface area contributed by atoms with Crippen LogP contribution in [0.3, 0.4) is 0 Å². The summed E-state index contributed by atoms with van der Waals surface area (Å²) in [5.41, 5.74) is 2.48. The van der Waals surface area contributed by atoms with Crippen molar-refractivity contribution < 1.29 is 8.78 Å². The molecule has 1 unspecified atom stereocenters. The molecule has 24 heavy (non-hydrogen) atoms. The van der Waals surface area contributed by atoms with Crippen molar-refractivity contribution in [1.82, 2.24) is 10.2 Å². The van der Waals surface area contributed by atoms with E-state index in [1.54, 1.807) is 12.1 Å². The Labute approximate surface area is 149 Å². The first-order chi connectivity index (χ1) is 11.6. The Bertz CT molecular complexity index is 772. The van der Waals surface area contributed by atoms with Gasteiger partial charge in [0, 0.05) is 47.2 Å². The lowest BCUT2D eigenvalue weighted by atomic mass is 9.74. The zero-order chi connectivity index (χ0) is 16.7. The predicted octanol–water partition coefficient (Wildman–Crippen LogP) is 3.97. The molecule has 0 radical (unpaired) electrons. The van der Waals surface area contributed by atoms with Crippen molar-refractivity contribution in [2.24, 2.45) is 0 Å². The van der Waals surface area contributed by atoms with Crippen LogP contribution in [0.5, 0.6) is 0 Å². The van der Waals surface area contributed by atoms with Crippen molar-refractivity contribution in [3.05, 3.63) is 69.2 Å². The maximum Gasteiger partial charge on any atom is 0.128 e. The monoisotopic (exact) mass is 392 g/mol. The molecule has 0 aliphatic carbocycles. The Morgan fingerprint density at radius 2 is 2.04 bits per heavy atom. The van der Waals surface area contributed by atoms with Gasteiger partial charge in [-0.25, -0.2) is 8.78 Å². The van der Waals surface area contributed by atoms with E-state index < -0.39 is 0 Å². The molecule has 2 aliphatic rings. The summed E-state index contributed by atoms with van der Waals surface area (Å²) in [4.78, 5) is 2.17. The molecule has 2 aromatic carbocycles. The topological polar surface area (TPSA) is 15.3 Å². The van der Waals surface area contributed by atoms with E-state index in [9.17, 15) is 8.78 Å². The summed E-state index contributed by atoms with van der Waals surface area (Å²) in [6.45, 7) is 3.64. The molecule has 2 heterocycles. The SMILES string of the molecule is Fc1cc(Br)ccc1CN1Cc2c(F)cccc2C2(CCNC2)C1. The van der Waals surface area contributed by atoms with E-state index in [1.807, 2.05) is 6.07 Å². The molecule has 0 aromatic heterocycles. The summed E-state index contributed by atoms with van der Waals surface area (Å²) in [6, 6.07) is 10.5. The minimum Gasteiger partial charge on any atom is -0.316 e. The average molecular weight is 393 g/mol. The minimum atomic E-state index is -0.220. The molecule has 1 N–H and O–H groups in total. The van der Waals surface area contributed by atoms with Crippen LogP contribution in [0.2, 0.25) is 0 Å². The van der Waals surface area contributed by atoms with Gasteiger partial charge in [0.05, 0.1) is 0 Å². The van der Waals surface area contributed by atoms with Crippen molar-refractivity contribution >= 4 is 15.9 Å². The second-order valence-corrected chi connectivity index (χ2v) is 7.77. The smallest absolute Gasteiger partial charge is 0.128 e. The van der Waals surface area contributed by atoms with E-state index in [0.29, 0.717) is 18.7 Å². The van der Waals surface area contributed by atoms with Crippen LogP contribution >= 0.6 is 15.9 Å². The summed E-state index contributed by atoms with van der Waals surface area (Å²) in [7, 11) is 0. The van der Waals surface area contributed by atoms with Gasteiger partial charge in [-0.2, -0.15) is 0 Å². The Morgan fingerprint density at radius 1 is 1.17 bits per heavy atom. The minimum absolute atomic E-state index is 0.0679. The molecule has 4 rings (SSSR count). The summed E-state index contributed by atoms with van der Waals surface area (Å²) in [6.07, 6.45) is 0.989. The fourth-order valence-corrected chi connectivity index (χ4v) is 4.45. The molecule has 0 bridgehead atoms. The summed E-state index contributed by atoms with van der Waals surface area (Å²) in [5.74, 6) is -0.373. The molecule has 1 atom stereocenters. The zero-order valence-electron chi connectivity index (χ0n) is 13.3. The molecule has 2 nitrogen and oxygen atoms in total. The fraction of sp³-hybridized carbons (Fsp3) is 0.368. The van der Waals surface area contributed by atoms with E-state index in [4.69, 9.17) is 0 Å². The van der Waals surface area contributed by atoms with Crippen molar-refractivity contribution in [3.8, 4) is 0 Å². The van der Waals surface area contributed by atoms with Crippen molar-refractivity contribution in [3.63, 3.8) is 0 Å². The molecule has 126 valence electrons. The van der Waals surface area contributed by atoms with Crippen LogP contribution in [0.4, 0.5) is 8.78 Å². The molecule has 2 aromatic rings. The van der Waals surface area contributed by atoms with Gasteiger partial charge in [0.15, 0.2) is 0 Å². The third-order valence-electron chi connectivity index (χ3n) is 5.25. The highest BCUT2D eigenvalue weighted by atomic mass is 79.9. The first-order valence-corrected chi connectivity index (χ1v) is 9.02. The number of hydrogen-bond acceptors (Lipinski definition) is 2. The van der Waals surface area contributed by atoms with E-state index in [0.717, 1.165) is 41.7 Å². The first kappa shape index (κ1) is 16.2. The first-order valence-electron chi connectivity index (χ1n) is 8.22. The molecular formula is C19H19BrF2N2. The highest BCUT2D eigenvalue weighted by Gasteiger charge is 2.42. The van der Waals surface area contributed by atoms with Crippen LogP contribution < -0.4 is 5.32 Å². The molecule has 0 saturated carbocycles. The highest BCUT2D eigenvalue weighted by Crippen LogP contribution is 2.39. The van der Waals surface area contributed by atoms with Crippen molar-refractivity contribution in [1.29, 1.82) is 0 Å². The van der Waals surface area contributed by atoms with Crippen molar-refractivity contribution in [2.75, 3.05) is 19.6 Å². The van der Waals surface area contributed by atoms with Gasteiger partial charge in [0.2, 0.25) is 0 Å². The van der Waals surface area contributed by atoms with Gasteiger partial charge in [0.25, 0.3) is 0 Å². The Hall–Kier alpha value is -1.30. The van der Waals surface area contributed by atoms with Crippen LogP contribution in [0.25, 0.3) is 0 Å². The number of benzene rings is 2. The number of hydrogen-bond donors (Lipinski definition) is 1.